The second kappa shape index (κ2) is 9.30. The molecule has 0 bridgehead atoms. The summed E-state index contributed by atoms with van der Waals surface area (Å²) in [6.45, 7) is 0.854. The molecule has 0 radical (unpaired) electrons. The highest BCUT2D eigenvalue weighted by atomic mass is 127. The van der Waals surface area contributed by atoms with Crippen LogP contribution in [0.3, 0.4) is 0 Å². The summed E-state index contributed by atoms with van der Waals surface area (Å²) >= 11 is 6.39. The molecule has 3 aromatic carbocycles. The topological polar surface area (TPSA) is 69.1 Å². The van der Waals surface area contributed by atoms with Crippen LogP contribution in [0.25, 0.3) is 5.69 Å². The number of aliphatic imine (C=N–C) groups is 1. The van der Waals surface area contributed by atoms with Crippen molar-refractivity contribution in [1.29, 1.82) is 0 Å². The Morgan fingerprint density at radius 2 is 1.65 bits per heavy atom. The fraction of sp³-hybridized carbons (Fsp3) is 0.125. The van der Waals surface area contributed by atoms with Crippen molar-refractivity contribution in [2.24, 2.45) is 10.7 Å². The highest BCUT2D eigenvalue weighted by Gasteiger charge is 2.27. The molecule has 2 heterocycles. The molecule has 0 spiro atoms. The number of rotatable bonds is 4. The van der Waals surface area contributed by atoms with Crippen molar-refractivity contribution >= 4 is 41.3 Å². The van der Waals surface area contributed by atoms with Gasteiger partial charge in [0.1, 0.15) is 12.4 Å². The summed E-state index contributed by atoms with van der Waals surface area (Å²) in [4.78, 5) is 4.89. The van der Waals surface area contributed by atoms with Crippen LogP contribution in [0.4, 0.5) is 0 Å². The zero-order valence-electron chi connectivity index (χ0n) is 16.6. The van der Waals surface area contributed by atoms with Crippen LogP contribution in [0.1, 0.15) is 34.3 Å². The van der Waals surface area contributed by atoms with Gasteiger partial charge in [-0.15, -0.1) is 34.2 Å². The summed E-state index contributed by atoms with van der Waals surface area (Å²) in [5, 5.41) is 9.68. The normalized spacial score (nSPS) is 13.3. The summed E-state index contributed by atoms with van der Waals surface area (Å²) in [6, 6.07) is 26.2. The quantitative estimate of drug-likeness (QED) is 0.371. The Balaban J connectivity index is 0.00000231. The lowest BCUT2D eigenvalue weighted by Gasteiger charge is -2.19. The molecule has 31 heavy (non-hydrogen) atoms. The number of benzene rings is 3. The van der Waals surface area contributed by atoms with E-state index in [1.54, 1.807) is 0 Å². The maximum absolute atomic E-state index is 6.39. The molecular weight excluding hydrogens is 521 g/mol. The summed E-state index contributed by atoms with van der Waals surface area (Å²) in [5.41, 5.74) is 11.2. The maximum Gasteiger partial charge on any atom is 0.159 e. The molecule has 0 amide bonds. The van der Waals surface area contributed by atoms with Crippen molar-refractivity contribution in [3.63, 3.8) is 0 Å². The van der Waals surface area contributed by atoms with Gasteiger partial charge in [0.15, 0.2) is 5.82 Å². The summed E-state index contributed by atoms with van der Waals surface area (Å²) < 4.78 is 2.09. The van der Waals surface area contributed by atoms with Crippen molar-refractivity contribution in [2.45, 2.75) is 12.5 Å². The average molecular weight is 542 g/mol. The minimum atomic E-state index is -0.0748. The number of hydrogen-bond acceptors (Lipinski definition) is 4. The van der Waals surface area contributed by atoms with E-state index < -0.39 is 0 Å². The van der Waals surface area contributed by atoms with E-state index in [1.165, 1.54) is 0 Å². The van der Waals surface area contributed by atoms with Gasteiger partial charge in [0.25, 0.3) is 0 Å². The van der Waals surface area contributed by atoms with Gasteiger partial charge in [-0.2, -0.15) is 0 Å². The Hall–Kier alpha value is -2.55. The van der Waals surface area contributed by atoms with Gasteiger partial charge in [-0.05, 0) is 23.8 Å². The summed E-state index contributed by atoms with van der Waals surface area (Å²) in [6.07, 6.45) is 0. The maximum atomic E-state index is 6.39. The Morgan fingerprint density at radius 3 is 2.35 bits per heavy atom. The van der Waals surface area contributed by atoms with Gasteiger partial charge in [0, 0.05) is 22.7 Å². The van der Waals surface area contributed by atoms with Crippen molar-refractivity contribution in [3.8, 4) is 5.69 Å². The highest BCUT2D eigenvalue weighted by molar-refractivity contribution is 14.0. The number of nitrogens with two attached hydrogens (primary N) is 1. The molecule has 1 unspecified atom stereocenters. The van der Waals surface area contributed by atoms with Crippen LogP contribution in [0.2, 0.25) is 5.02 Å². The van der Waals surface area contributed by atoms with Crippen LogP contribution in [0.5, 0.6) is 0 Å². The van der Waals surface area contributed by atoms with E-state index in [4.69, 9.17) is 22.3 Å². The number of halogens is 2. The first kappa shape index (κ1) is 21.7. The third kappa shape index (κ3) is 4.03. The lowest BCUT2D eigenvalue weighted by molar-refractivity contribution is 0.720. The molecule has 4 aromatic rings. The molecule has 1 aliphatic rings. The molecule has 5 rings (SSSR count). The van der Waals surface area contributed by atoms with Gasteiger partial charge in [-0.25, -0.2) is 0 Å². The average Bonchev–Trinajstić information content (AvgIpc) is 3.12. The molecule has 1 atom stereocenters. The fourth-order valence-corrected chi connectivity index (χ4v) is 4.14. The third-order valence-electron chi connectivity index (χ3n) is 5.38. The van der Waals surface area contributed by atoms with E-state index in [0.717, 1.165) is 39.7 Å². The van der Waals surface area contributed by atoms with E-state index in [2.05, 4.69) is 39.0 Å². The largest absolute Gasteiger partial charge is 0.329 e. The van der Waals surface area contributed by atoms with Gasteiger partial charge < -0.3 is 5.73 Å². The zero-order valence-corrected chi connectivity index (χ0v) is 19.7. The van der Waals surface area contributed by atoms with Crippen LogP contribution in [0, 0.1) is 0 Å². The third-order valence-corrected chi connectivity index (χ3v) is 5.62. The van der Waals surface area contributed by atoms with Crippen LogP contribution in [0.15, 0.2) is 83.9 Å². The van der Waals surface area contributed by atoms with Gasteiger partial charge in [-0.3, -0.25) is 9.56 Å². The minimum absolute atomic E-state index is 0. The molecule has 1 aromatic heterocycles. The lowest BCUT2D eigenvalue weighted by atomic mass is 9.97. The van der Waals surface area contributed by atoms with E-state index in [0.29, 0.717) is 18.1 Å². The SMILES string of the molecule is I.NCC(c1ccccc1)c1nnc2n1-c1ccc(Cl)cc1C(c1ccccc1)=NC2. The first-order chi connectivity index (χ1) is 14.8. The van der Waals surface area contributed by atoms with E-state index >= 15 is 0 Å². The van der Waals surface area contributed by atoms with E-state index in [-0.39, 0.29) is 29.9 Å². The van der Waals surface area contributed by atoms with E-state index in [9.17, 15) is 0 Å². The standard InChI is InChI=1S/C24H20ClN5.HI/c25-18-11-12-21-19(13-18)23(17-9-5-2-6-10-17)27-15-22-28-29-24(30(21)22)20(14-26)16-7-3-1-4-8-16;/h1-13,20H,14-15,26H2;1H. The Labute approximate surface area is 203 Å². The molecule has 7 heteroatoms. The molecule has 2 N–H and O–H groups in total. The second-order valence-corrected chi connectivity index (χ2v) is 7.64. The van der Waals surface area contributed by atoms with Gasteiger partial charge in [0.2, 0.25) is 0 Å². The molecule has 0 saturated carbocycles. The zero-order chi connectivity index (χ0) is 20.5. The molecule has 1 aliphatic heterocycles. The fourth-order valence-electron chi connectivity index (χ4n) is 3.97. The molecule has 5 nitrogen and oxygen atoms in total. The smallest absolute Gasteiger partial charge is 0.159 e. The summed E-state index contributed by atoms with van der Waals surface area (Å²) in [5.74, 6) is 1.52. The Kier molecular flexibility index (Phi) is 6.50. The molecule has 0 aliphatic carbocycles. The van der Waals surface area contributed by atoms with Gasteiger partial charge >= 0.3 is 0 Å². The van der Waals surface area contributed by atoms with Crippen LogP contribution >= 0.6 is 35.6 Å². The van der Waals surface area contributed by atoms with Crippen molar-refractivity contribution in [3.05, 3.63) is 112 Å². The van der Waals surface area contributed by atoms with Crippen molar-refractivity contribution < 1.29 is 0 Å². The first-order valence-electron chi connectivity index (χ1n) is 9.85. The van der Waals surface area contributed by atoms with Crippen LogP contribution in [-0.2, 0) is 6.54 Å². The van der Waals surface area contributed by atoms with E-state index in [1.807, 2.05) is 54.6 Å². The number of nitrogens with zero attached hydrogens (tertiary/aromatic N) is 4. The predicted molar refractivity (Wildman–Crippen MR) is 135 cm³/mol. The monoisotopic (exact) mass is 541 g/mol. The minimum Gasteiger partial charge on any atom is -0.329 e. The van der Waals surface area contributed by atoms with Crippen LogP contribution < -0.4 is 5.73 Å². The van der Waals surface area contributed by atoms with Gasteiger partial charge in [0.05, 0.1) is 17.3 Å². The molecule has 156 valence electrons. The second-order valence-electron chi connectivity index (χ2n) is 7.20. The number of fused-ring (bicyclic) bond motifs is 3. The lowest BCUT2D eigenvalue weighted by Crippen LogP contribution is -2.19. The molecule has 0 saturated heterocycles. The first-order valence-corrected chi connectivity index (χ1v) is 10.2. The predicted octanol–water partition coefficient (Wildman–Crippen LogP) is 4.98. The highest BCUT2D eigenvalue weighted by Crippen LogP contribution is 2.32. The Bertz CT molecular complexity index is 1220. The van der Waals surface area contributed by atoms with Crippen molar-refractivity contribution in [2.75, 3.05) is 6.54 Å². The number of hydrogen-bond donors (Lipinski definition) is 1. The molecule has 0 fully saturated rings. The van der Waals surface area contributed by atoms with Crippen molar-refractivity contribution in [1.82, 2.24) is 14.8 Å². The summed E-state index contributed by atoms with van der Waals surface area (Å²) in [7, 11) is 0. The molecular formula is C24H21ClIN5. The van der Waals surface area contributed by atoms with Gasteiger partial charge in [-0.1, -0.05) is 72.3 Å². The number of aromatic nitrogens is 3. The van der Waals surface area contributed by atoms with Crippen LogP contribution in [-0.4, -0.2) is 27.0 Å². The Morgan fingerprint density at radius 1 is 0.935 bits per heavy atom.